The monoisotopic (exact) mass is 466 g/mol. The second-order valence-corrected chi connectivity index (χ2v) is 9.75. The summed E-state index contributed by atoms with van der Waals surface area (Å²) < 4.78 is 13.9. The Morgan fingerprint density at radius 3 is 2.39 bits per heavy atom. The largest absolute Gasteiger partial charge is 0.497 e. The lowest BCUT2D eigenvalue weighted by molar-refractivity contribution is 0.0482. The number of rotatable bonds is 8. The molecule has 5 rings (SSSR count). The molecule has 2 aliphatic rings. The molecule has 1 aromatic heterocycles. The Kier molecular flexibility index (Phi) is 6.35. The molecule has 0 saturated carbocycles. The van der Waals surface area contributed by atoms with Crippen LogP contribution in [0.3, 0.4) is 0 Å². The van der Waals surface area contributed by atoms with Gasteiger partial charge >= 0.3 is 0 Å². The van der Waals surface area contributed by atoms with E-state index in [1.807, 2.05) is 48.7 Å². The number of halogens is 1. The van der Waals surface area contributed by atoms with Crippen molar-refractivity contribution in [2.24, 2.45) is 0 Å². The molecule has 3 aromatic rings. The van der Waals surface area contributed by atoms with Gasteiger partial charge in [-0.05, 0) is 75.4 Å². The van der Waals surface area contributed by atoms with Gasteiger partial charge in [0.2, 0.25) is 0 Å². The third-order valence-electron chi connectivity index (χ3n) is 7.24. The second-order valence-electron chi connectivity index (χ2n) is 9.32. The van der Waals surface area contributed by atoms with Gasteiger partial charge in [-0.15, -0.1) is 0 Å². The van der Waals surface area contributed by atoms with Crippen LogP contribution < -0.4 is 9.47 Å². The molecule has 2 atom stereocenters. The van der Waals surface area contributed by atoms with Crippen molar-refractivity contribution >= 4 is 28.3 Å². The number of nitrogens with zero attached hydrogens (tertiary/aromatic N) is 2. The van der Waals surface area contributed by atoms with Crippen LogP contribution in [0, 0.1) is 0 Å². The van der Waals surface area contributed by atoms with Gasteiger partial charge in [0.25, 0.3) is 0 Å². The summed E-state index contributed by atoms with van der Waals surface area (Å²) >= 11 is 6.00. The number of ketones is 1. The normalized spacial score (nSPS) is 22.6. The van der Waals surface area contributed by atoms with E-state index in [1.54, 1.807) is 14.0 Å². The molecule has 2 aliphatic heterocycles. The van der Waals surface area contributed by atoms with Crippen molar-refractivity contribution in [2.45, 2.75) is 63.8 Å². The lowest BCUT2D eigenvalue weighted by Crippen LogP contribution is -2.46. The first-order valence-corrected chi connectivity index (χ1v) is 12.3. The number of hydrogen-bond acceptors (Lipinski definition) is 4. The Labute approximate surface area is 200 Å². The summed E-state index contributed by atoms with van der Waals surface area (Å²) in [6.45, 7) is 3.59. The highest BCUT2D eigenvalue weighted by Gasteiger charge is 2.41. The first-order chi connectivity index (χ1) is 16.0. The number of fused-ring (bicyclic) bond motifs is 3. The molecule has 0 radical (unpaired) electrons. The zero-order chi connectivity index (χ0) is 22.9. The molecular weight excluding hydrogens is 436 g/mol. The van der Waals surface area contributed by atoms with E-state index in [9.17, 15) is 4.79 Å². The van der Waals surface area contributed by atoms with E-state index in [0.717, 1.165) is 65.3 Å². The van der Waals surface area contributed by atoms with E-state index >= 15 is 0 Å². The number of aromatic nitrogens is 1. The van der Waals surface area contributed by atoms with Crippen LogP contribution in [-0.2, 0) is 6.54 Å². The third kappa shape index (κ3) is 4.62. The Morgan fingerprint density at radius 1 is 1.03 bits per heavy atom. The maximum atomic E-state index is 12.1. The first-order valence-electron chi connectivity index (χ1n) is 11.9. The highest BCUT2D eigenvalue weighted by atomic mass is 35.5. The number of Topliss-reactive ketones (excluding diaryl/α,β-unsaturated/α-hetero) is 1. The lowest BCUT2D eigenvalue weighted by atomic mass is 9.99. The molecule has 33 heavy (non-hydrogen) atoms. The predicted molar refractivity (Wildman–Crippen MR) is 132 cm³/mol. The van der Waals surface area contributed by atoms with Gasteiger partial charge in [-0.1, -0.05) is 11.6 Å². The minimum Gasteiger partial charge on any atom is -0.497 e. The number of aryl methyl sites for hydroxylation is 1. The van der Waals surface area contributed by atoms with Gasteiger partial charge in [-0.25, -0.2) is 0 Å². The van der Waals surface area contributed by atoms with E-state index in [4.69, 9.17) is 21.1 Å². The van der Waals surface area contributed by atoms with Crippen LogP contribution in [0.15, 0.2) is 48.7 Å². The quantitative estimate of drug-likeness (QED) is 0.383. The van der Waals surface area contributed by atoms with Crippen molar-refractivity contribution in [1.82, 2.24) is 9.47 Å². The number of piperidine rings is 1. The molecule has 174 valence electrons. The molecule has 2 bridgehead atoms. The van der Waals surface area contributed by atoms with Gasteiger partial charge in [-0.2, -0.15) is 0 Å². The Bertz CT molecular complexity index is 1130. The average molecular weight is 467 g/mol. The molecule has 0 N–H and O–H groups in total. The minimum atomic E-state index is 0.102. The summed E-state index contributed by atoms with van der Waals surface area (Å²) in [4.78, 5) is 14.8. The minimum absolute atomic E-state index is 0.102. The van der Waals surface area contributed by atoms with E-state index in [1.165, 1.54) is 12.8 Å². The topological polar surface area (TPSA) is 43.7 Å². The highest BCUT2D eigenvalue weighted by molar-refractivity contribution is 6.30. The fourth-order valence-electron chi connectivity index (χ4n) is 5.68. The molecule has 3 heterocycles. The predicted octanol–water partition coefficient (Wildman–Crippen LogP) is 5.97. The summed E-state index contributed by atoms with van der Waals surface area (Å²) in [5.41, 5.74) is 1.85. The summed E-state index contributed by atoms with van der Waals surface area (Å²) in [6.07, 6.45) is 8.00. The average Bonchev–Trinajstić information content (AvgIpc) is 3.29. The number of hydrogen-bond donors (Lipinski definition) is 0. The van der Waals surface area contributed by atoms with E-state index in [-0.39, 0.29) is 11.9 Å². The maximum Gasteiger partial charge on any atom is 0.161 e. The van der Waals surface area contributed by atoms with Crippen molar-refractivity contribution < 1.29 is 14.3 Å². The van der Waals surface area contributed by atoms with Gasteiger partial charge in [0.15, 0.2) is 5.78 Å². The van der Waals surface area contributed by atoms with Gasteiger partial charge in [0, 0.05) is 53.4 Å². The Balaban J connectivity index is 1.22. The molecule has 0 aliphatic carbocycles. The van der Waals surface area contributed by atoms with Crippen LogP contribution in [0.1, 0.15) is 49.4 Å². The maximum absolute atomic E-state index is 12.1. The Morgan fingerprint density at radius 2 is 1.73 bits per heavy atom. The SMILES string of the molecule is COc1ccc2c(C(C)=O)cn(CCCN3C4CCC3CC(Oc3ccc(Cl)cc3)C4)c2c1. The van der Waals surface area contributed by atoms with Crippen molar-refractivity contribution in [3.8, 4) is 11.5 Å². The van der Waals surface area contributed by atoms with Crippen LogP contribution in [-0.4, -0.2) is 47.1 Å². The van der Waals surface area contributed by atoms with E-state index in [0.29, 0.717) is 12.1 Å². The summed E-state index contributed by atoms with van der Waals surface area (Å²) in [5, 5.41) is 1.74. The fraction of sp³-hybridized carbons (Fsp3) is 0.444. The standard InChI is InChI=1S/C27H31ClN2O3/c1-18(31)26-17-29(27-16-23(32-2)10-11-25(26)27)12-3-13-30-20-6-7-21(30)15-24(14-20)33-22-8-4-19(28)5-9-22/h4-5,8-11,16-17,20-21,24H,3,6-7,12-15H2,1-2H3. The fourth-order valence-corrected chi connectivity index (χ4v) is 5.81. The van der Waals surface area contributed by atoms with Crippen LogP contribution in [0.25, 0.3) is 10.9 Å². The Hall–Kier alpha value is -2.50. The molecule has 0 amide bonds. The van der Waals surface area contributed by atoms with Gasteiger partial charge in [0.1, 0.15) is 17.6 Å². The van der Waals surface area contributed by atoms with Crippen LogP contribution in [0.4, 0.5) is 0 Å². The van der Waals surface area contributed by atoms with Crippen molar-refractivity contribution in [1.29, 1.82) is 0 Å². The number of ether oxygens (including phenoxy) is 2. The van der Waals surface area contributed by atoms with Crippen LogP contribution in [0.2, 0.25) is 5.02 Å². The zero-order valence-corrected chi connectivity index (χ0v) is 20.1. The number of methoxy groups -OCH3 is 1. The molecule has 2 aromatic carbocycles. The van der Waals surface area contributed by atoms with Crippen molar-refractivity contribution in [3.63, 3.8) is 0 Å². The van der Waals surface area contributed by atoms with Crippen LogP contribution in [0.5, 0.6) is 11.5 Å². The summed E-state index contributed by atoms with van der Waals surface area (Å²) in [7, 11) is 1.68. The molecule has 2 fully saturated rings. The number of benzene rings is 2. The first kappa shape index (κ1) is 22.3. The third-order valence-corrected chi connectivity index (χ3v) is 7.49. The zero-order valence-electron chi connectivity index (χ0n) is 19.3. The van der Waals surface area contributed by atoms with Gasteiger partial charge < -0.3 is 14.0 Å². The molecule has 5 nitrogen and oxygen atoms in total. The molecule has 6 heteroatoms. The van der Waals surface area contributed by atoms with Crippen molar-refractivity contribution in [2.75, 3.05) is 13.7 Å². The summed E-state index contributed by atoms with van der Waals surface area (Å²) in [5.74, 6) is 1.83. The second kappa shape index (κ2) is 9.40. The highest BCUT2D eigenvalue weighted by Crippen LogP contribution is 2.37. The van der Waals surface area contributed by atoms with E-state index in [2.05, 4.69) is 9.47 Å². The molecule has 2 unspecified atom stereocenters. The molecule has 2 saturated heterocycles. The smallest absolute Gasteiger partial charge is 0.161 e. The summed E-state index contributed by atoms with van der Waals surface area (Å²) in [6, 6.07) is 14.8. The molecular formula is C27H31ClN2O3. The van der Waals surface area contributed by atoms with Crippen LogP contribution >= 0.6 is 11.6 Å². The molecule has 0 spiro atoms. The van der Waals surface area contributed by atoms with Crippen molar-refractivity contribution in [3.05, 3.63) is 59.2 Å². The lowest BCUT2D eigenvalue weighted by Gasteiger charge is -2.39. The number of carbonyl (C=O) groups is 1. The number of carbonyl (C=O) groups excluding carboxylic acids is 1. The van der Waals surface area contributed by atoms with Gasteiger partial charge in [-0.3, -0.25) is 9.69 Å². The van der Waals surface area contributed by atoms with Gasteiger partial charge in [0.05, 0.1) is 12.6 Å². The van der Waals surface area contributed by atoms with E-state index < -0.39 is 0 Å².